The molecule has 3 N–H and O–H groups in total. The van der Waals surface area contributed by atoms with Crippen molar-refractivity contribution in [1.29, 1.82) is 0 Å². The summed E-state index contributed by atoms with van der Waals surface area (Å²) >= 11 is 5.02. The lowest BCUT2D eigenvalue weighted by Crippen LogP contribution is -2.29. The van der Waals surface area contributed by atoms with Crippen LogP contribution in [0.3, 0.4) is 0 Å². The molecule has 0 aliphatic rings. The average molecular weight is 311 g/mol. The van der Waals surface area contributed by atoms with Crippen molar-refractivity contribution in [3.8, 4) is 0 Å². The zero-order chi connectivity index (χ0) is 15.8. The maximum Gasteiger partial charge on any atom is 0.306 e. The topological polar surface area (TPSA) is 98.1 Å². The summed E-state index contributed by atoms with van der Waals surface area (Å²) in [7, 11) is 0. The number of carbonyl (C=O) groups is 2. The molecule has 1 atom stereocenters. The molecular weight excluding hydrogens is 294 g/mol. The Morgan fingerprint density at radius 1 is 1.19 bits per heavy atom. The van der Waals surface area contributed by atoms with Gasteiger partial charge in [-0.25, -0.2) is 5.06 Å². The molecule has 1 aromatic rings. The zero-order valence-corrected chi connectivity index (χ0v) is 12.1. The van der Waals surface area contributed by atoms with Crippen LogP contribution < -0.4 is 0 Å². The van der Waals surface area contributed by atoms with Gasteiger partial charge in [0, 0.05) is 12.8 Å². The second kappa shape index (κ2) is 8.33. The normalized spacial score (nSPS) is 11.7. The fraction of sp³-hybridized carbons (Fsp3) is 0.357. The van der Waals surface area contributed by atoms with E-state index in [4.69, 9.17) is 22.4 Å². The van der Waals surface area contributed by atoms with Crippen molar-refractivity contribution in [2.75, 3.05) is 0 Å². The summed E-state index contributed by atoms with van der Waals surface area (Å²) in [4.78, 5) is 21.7. The van der Waals surface area contributed by atoms with Gasteiger partial charge in [-0.1, -0.05) is 42.5 Å². The van der Waals surface area contributed by atoms with E-state index in [9.17, 15) is 14.8 Å². The van der Waals surface area contributed by atoms with Gasteiger partial charge in [0.15, 0.2) is 0 Å². The SMILES string of the molecule is O=C(O)CCC(CC(=S)N(O)Cc1ccccc1)C(=O)O. The van der Waals surface area contributed by atoms with E-state index >= 15 is 0 Å². The Balaban J connectivity index is 2.56. The van der Waals surface area contributed by atoms with E-state index in [0.29, 0.717) is 0 Å². The molecule has 0 amide bonds. The lowest BCUT2D eigenvalue weighted by Gasteiger charge is -2.20. The second-order valence-electron chi connectivity index (χ2n) is 4.61. The molecule has 0 radical (unpaired) electrons. The zero-order valence-electron chi connectivity index (χ0n) is 11.3. The number of hydrogen-bond acceptors (Lipinski definition) is 4. The van der Waals surface area contributed by atoms with E-state index in [0.717, 1.165) is 10.6 Å². The lowest BCUT2D eigenvalue weighted by molar-refractivity contribution is -0.142. The Bertz CT molecular complexity index is 505. The lowest BCUT2D eigenvalue weighted by atomic mass is 9.99. The number of nitrogens with zero attached hydrogens (tertiary/aromatic N) is 1. The molecule has 7 heteroatoms. The van der Waals surface area contributed by atoms with E-state index in [2.05, 4.69) is 0 Å². The molecule has 0 aromatic heterocycles. The highest BCUT2D eigenvalue weighted by atomic mass is 32.1. The van der Waals surface area contributed by atoms with Crippen LogP contribution in [-0.2, 0) is 16.1 Å². The predicted octanol–water partition coefficient (Wildman–Crippen LogP) is 2.16. The molecule has 1 rings (SSSR count). The Labute approximate surface area is 127 Å². The molecule has 1 aromatic carbocycles. The molecule has 0 bridgehead atoms. The molecule has 0 saturated carbocycles. The minimum absolute atomic E-state index is 0.0238. The van der Waals surface area contributed by atoms with Gasteiger partial charge in [0.05, 0.1) is 12.5 Å². The molecule has 0 saturated heterocycles. The van der Waals surface area contributed by atoms with Gasteiger partial charge in [-0.05, 0) is 12.0 Å². The van der Waals surface area contributed by atoms with Crippen LogP contribution in [0, 0.1) is 5.92 Å². The first-order chi connectivity index (χ1) is 9.90. The summed E-state index contributed by atoms with van der Waals surface area (Å²) in [6, 6.07) is 9.10. The number of thiocarbonyl (C=S) groups is 1. The molecule has 0 fully saturated rings. The highest BCUT2D eigenvalue weighted by molar-refractivity contribution is 7.80. The quantitative estimate of drug-likeness (QED) is 0.500. The molecule has 114 valence electrons. The van der Waals surface area contributed by atoms with Crippen molar-refractivity contribution in [2.24, 2.45) is 5.92 Å². The Morgan fingerprint density at radius 2 is 1.81 bits per heavy atom. The summed E-state index contributed by atoms with van der Waals surface area (Å²) < 4.78 is 0. The summed E-state index contributed by atoms with van der Waals surface area (Å²) in [5.41, 5.74) is 0.833. The first-order valence-electron chi connectivity index (χ1n) is 6.38. The van der Waals surface area contributed by atoms with Gasteiger partial charge < -0.3 is 10.2 Å². The van der Waals surface area contributed by atoms with Crippen LogP contribution in [0.5, 0.6) is 0 Å². The van der Waals surface area contributed by atoms with E-state index < -0.39 is 17.9 Å². The van der Waals surface area contributed by atoms with Gasteiger partial charge >= 0.3 is 11.9 Å². The van der Waals surface area contributed by atoms with E-state index in [1.165, 1.54) is 0 Å². The minimum Gasteiger partial charge on any atom is -0.481 e. The molecule has 21 heavy (non-hydrogen) atoms. The van der Waals surface area contributed by atoms with Crippen LogP contribution in [0.25, 0.3) is 0 Å². The third kappa shape index (κ3) is 6.33. The molecule has 0 aliphatic heterocycles. The van der Waals surface area contributed by atoms with E-state index in [1.807, 2.05) is 30.3 Å². The maximum absolute atomic E-state index is 11.1. The smallest absolute Gasteiger partial charge is 0.306 e. The number of rotatable bonds is 8. The van der Waals surface area contributed by atoms with Gasteiger partial charge in [0.25, 0.3) is 0 Å². The summed E-state index contributed by atoms with van der Waals surface area (Å²) in [6.07, 6.45) is -0.338. The minimum atomic E-state index is -1.12. The number of carboxylic acid groups (broad SMARTS) is 2. The number of carboxylic acids is 2. The van der Waals surface area contributed by atoms with Gasteiger partial charge in [0.2, 0.25) is 0 Å². The first-order valence-corrected chi connectivity index (χ1v) is 6.78. The van der Waals surface area contributed by atoms with Gasteiger partial charge in [-0.2, -0.15) is 0 Å². The van der Waals surface area contributed by atoms with Crippen molar-refractivity contribution in [1.82, 2.24) is 5.06 Å². The fourth-order valence-electron chi connectivity index (χ4n) is 1.77. The van der Waals surface area contributed by atoms with Crippen molar-refractivity contribution < 1.29 is 25.0 Å². The molecule has 0 heterocycles. The van der Waals surface area contributed by atoms with Gasteiger partial charge in [-0.3, -0.25) is 14.8 Å². The summed E-state index contributed by atoms with van der Waals surface area (Å²) in [5, 5.41) is 28.3. The van der Waals surface area contributed by atoms with Crippen molar-refractivity contribution in [3.63, 3.8) is 0 Å². The standard InChI is InChI=1S/C14H17NO5S/c16-13(17)7-6-11(14(18)19)8-12(21)15(20)9-10-4-2-1-3-5-10/h1-5,11,20H,6-9H2,(H,16,17)(H,18,19). The third-order valence-corrected chi connectivity index (χ3v) is 3.32. The number of hydrogen-bond donors (Lipinski definition) is 3. The summed E-state index contributed by atoms with van der Waals surface area (Å²) in [6.45, 7) is 0.158. The first kappa shape index (κ1) is 17.1. The highest BCUT2D eigenvalue weighted by Crippen LogP contribution is 2.15. The van der Waals surface area contributed by atoms with Crippen molar-refractivity contribution in [3.05, 3.63) is 35.9 Å². The second-order valence-corrected chi connectivity index (χ2v) is 5.08. The largest absolute Gasteiger partial charge is 0.481 e. The van der Waals surface area contributed by atoms with E-state index in [-0.39, 0.29) is 30.8 Å². The van der Waals surface area contributed by atoms with Gasteiger partial charge in [0.1, 0.15) is 4.99 Å². The Morgan fingerprint density at radius 3 is 2.33 bits per heavy atom. The molecule has 6 nitrogen and oxygen atoms in total. The van der Waals surface area contributed by atoms with Gasteiger partial charge in [-0.15, -0.1) is 0 Å². The maximum atomic E-state index is 11.1. The predicted molar refractivity (Wildman–Crippen MR) is 79.0 cm³/mol. The molecular formula is C14H17NO5S. The Hall–Kier alpha value is -1.99. The molecule has 0 spiro atoms. The fourth-order valence-corrected chi connectivity index (χ4v) is 2.04. The van der Waals surface area contributed by atoms with Crippen LogP contribution in [0.4, 0.5) is 0 Å². The Kier molecular flexibility index (Phi) is 6.77. The van der Waals surface area contributed by atoms with Crippen LogP contribution >= 0.6 is 12.2 Å². The van der Waals surface area contributed by atoms with Crippen LogP contribution in [0.1, 0.15) is 24.8 Å². The monoisotopic (exact) mass is 311 g/mol. The van der Waals surface area contributed by atoms with Crippen LogP contribution in [0.2, 0.25) is 0 Å². The van der Waals surface area contributed by atoms with Crippen molar-refractivity contribution >= 4 is 29.1 Å². The molecule has 0 aliphatic carbocycles. The highest BCUT2D eigenvalue weighted by Gasteiger charge is 2.22. The van der Waals surface area contributed by atoms with Crippen molar-refractivity contribution in [2.45, 2.75) is 25.8 Å². The number of benzene rings is 1. The summed E-state index contributed by atoms with van der Waals surface area (Å²) in [5.74, 6) is -3.09. The average Bonchev–Trinajstić information content (AvgIpc) is 2.43. The van der Waals surface area contributed by atoms with Crippen LogP contribution in [0.15, 0.2) is 30.3 Å². The number of hydroxylamine groups is 2. The number of aliphatic carboxylic acids is 2. The molecule has 1 unspecified atom stereocenters. The third-order valence-electron chi connectivity index (χ3n) is 2.94. The van der Waals surface area contributed by atoms with E-state index in [1.54, 1.807) is 0 Å². The van der Waals surface area contributed by atoms with Crippen LogP contribution in [-0.4, -0.2) is 37.4 Å².